The van der Waals surface area contributed by atoms with Crippen LogP contribution in [0, 0.1) is 5.41 Å². The summed E-state index contributed by atoms with van der Waals surface area (Å²) in [4.78, 5) is 27.2. The van der Waals surface area contributed by atoms with Gasteiger partial charge in [0.05, 0.1) is 5.88 Å². The van der Waals surface area contributed by atoms with Crippen LogP contribution in [0.4, 0.5) is 4.79 Å². The Bertz CT molecular complexity index is 413. The number of carboxylic acids is 1. The molecule has 2 aliphatic heterocycles. The van der Waals surface area contributed by atoms with Crippen LogP contribution in [-0.2, 0) is 4.79 Å². The number of hydrogen-bond donors (Lipinski definition) is 1. The van der Waals surface area contributed by atoms with E-state index in [4.69, 9.17) is 0 Å². The minimum atomic E-state index is -0.880. The Kier molecular flexibility index (Phi) is 4.33. The van der Waals surface area contributed by atoms with E-state index in [1.54, 1.807) is 0 Å². The van der Waals surface area contributed by atoms with Crippen molar-refractivity contribution >= 4 is 23.8 Å². The zero-order valence-electron chi connectivity index (χ0n) is 12.4. The van der Waals surface area contributed by atoms with Crippen molar-refractivity contribution in [2.45, 2.75) is 51.0 Å². The number of nitrogens with zero attached hydrogens (tertiary/aromatic N) is 2. The zero-order chi connectivity index (χ0) is 14.9. The van der Waals surface area contributed by atoms with Crippen molar-refractivity contribution in [1.82, 2.24) is 9.80 Å². The highest BCUT2D eigenvalue weighted by Crippen LogP contribution is 2.44. The third-order valence-corrected chi connectivity index (χ3v) is 6.43. The maximum atomic E-state index is 12.6. The second-order valence-electron chi connectivity index (χ2n) is 6.65. The SMILES string of the molecule is O=C(O)C1CSCN1C(=O)N1CCC2(CCCCC2)CC1. The molecule has 0 aromatic carbocycles. The molecule has 1 aliphatic carbocycles. The summed E-state index contributed by atoms with van der Waals surface area (Å²) in [6.07, 6.45) is 8.83. The number of carbonyl (C=O) groups is 2. The second kappa shape index (κ2) is 6.07. The Morgan fingerprint density at radius 1 is 1.05 bits per heavy atom. The molecule has 0 radical (unpaired) electrons. The molecule has 1 atom stereocenters. The second-order valence-corrected chi connectivity index (χ2v) is 7.65. The fourth-order valence-electron chi connectivity index (χ4n) is 3.99. The third-order valence-electron chi connectivity index (χ3n) is 5.42. The van der Waals surface area contributed by atoms with E-state index >= 15 is 0 Å². The number of hydrogen-bond acceptors (Lipinski definition) is 3. The van der Waals surface area contributed by atoms with Crippen molar-refractivity contribution in [3.63, 3.8) is 0 Å². The number of thioether (sulfide) groups is 1. The molecule has 1 unspecified atom stereocenters. The first-order valence-electron chi connectivity index (χ1n) is 7.97. The quantitative estimate of drug-likeness (QED) is 0.808. The van der Waals surface area contributed by atoms with Crippen molar-refractivity contribution in [3.8, 4) is 0 Å². The van der Waals surface area contributed by atoms with Crippen LogP contribution in [0.5, 0.6) is 0 Å². The number of urea groups is 1. The molecule has 3 fully saturated rings. The maximum Gasteiger partial charge on any atom is 0.327 e. The predicted octanol–water partition coefficient (Wildman–Crippen LogP) is 2.61. The molecular weight excluding hydrogens is 288 g/mol. The third kappa shape index (κ3) is 3.00. The lowest BCUT2D eigenvalue weighted by molar-refractivity contribution is -0.141. The summed E-state index contributed by atoms with van der Waals surface area (Å²) in [7, 11) is 0. The van der Waals surface area contributed by atoms with Gasteiger partial charge in [-0.3, -0.25) is 0 Å². The molecule has 0 aromatic rings. The first-order chi connectivity index (χ1) is 10.1. The highest BCUT2D eigenvalue weighted by molar-refractivity contribution is 7.99. The fourth-order valence-corrected chi connectivity index (χ4v) is 5.13. The highest BCUT2D eigenvalue weighted by Gasteiger charge is 2.41. The lowest BCUT2D eigenvalue weighted by atomic mass is 9.68. The van der Waals surface area contributed by atoms with Gasteiger partial charge in [0.25, 0.3) is 0 Å². The number of piperidine rings is 1. The molecule has 0 bridgehead atoms. The Labute approximate surface area is 130 Å². The average molecular weight is 312 g/mol. The van der Waals surface area contributed by atoms with Gasteiger partial charge in [0.15, 0.2) is 0 Å². The minimum absolute atomic E-state index is 0.0712. The molecule has 118 valence electrons. The van der Waals surface area contributed by atoms with Crippen LogP contribution < -0.4 is 0 Å². The van der Waals surface area contributed by atoms with Crippen LogP contribution in [0.15, 0.2) is 0 Å². The van der Waals surface area contributed by atoms with Gasteiger partial charge in [-0.05, 0) is 31.1 Å². The van der Waals surface area contributed by atoms with E-state index in [-0.39, 0.29) is 6.03 Å². The summed E-state index contributed by atoms with van der Waals surface area (Å²) in [5, 5.41) is 9.20. The molecule has 2 saturated heterocycles. The normalized spacial score (nSPS) is 28.9. The summed E-state index contributed by atoms with van der Waals surface area (Å²) < 4.78 is 0. The van der Waals surface area contributed by atoms with E-state index in [2.05, 4.69) is 0 Å². The number of aliphatic carboxylic acids is 1. The monoisotopic (exact) mass is 312 g/mol. The predicted molar refractivity (Wildman–Crippen MR) is 82.3 cm³/mol. The van der Waals surface area contributed by atoms with Crippen LogP contribution in [-0.4, -0.2) is 57.7 Å². The molecule has 3 rings (SSSR count). The number of likely N-dealkylation sites (tertiary alicyclic amines) is 1. The standard InChI is InChI=1S/C15H24N2O3S/c18-13(19)12-10-21-11-17(12)14(20)16-8-6-15(7-9-16)4-2-1-3-5-15/h12H,1-11H2,(H,18,19). The summed E-state index contributed by atoms with van der Waals surface area (Å²) in [5.41, 5.74) is 0.473. The van der Waals surface area contributed by atoms with Crippen LogP contribution in [0.25, 0.3) is 0 Å². The number of carboxylic acid groups (broad SMARTS) is 1. The lowest BCUT2D eigenvalue weighted by Crippen LogP contribution is -2.52. The van der Waals surface area contributed by atoms with E-state index in [1.165, 1.54) is 48.8 Å². The molecule has 1 N–H and O–H groups in total. The van der Waals surface area contributed by atoms with Gasteiger partial charge in [-0.2, -0.15) is 0 Å². The first-order valence-corrected chi connectivity index (χ1v) is 9.13. The van der Waals surface area contributed by atoms with Crippen LogP contribution >= 0.6 is 11.8 Å². The zero-order valence-corrected chi connectivity index (χ0v) is 13.2. The molecule has 1 spiro atoms. The molecule has 6 heteroatoms. The maximum absolute atomic E-state index is 12.6. The van der Waals surface area contributed by atoms with Gasteiger partial charge in [-0.1, -0.05) is 19.3 Å². The Hall–Kier alpha value is -0.910. The minimum Gasteiger partial charge on any atom is -0.480 e. The smallest absolute Gasteiger partial charge is 0.327 e. The topological polar surface area (TPSA) is 60.9 Å². The average Bonchev–Trinajstić information content (AvgIpc) is 2.98. The van der Waals surface area contributed by atoms with E-state index in [0.29, 0.717) is 17.0 Å². The summed E-state index contributed by atoms with van der Waals surface area (Å²) in [6, 6.07) is -0.717. The highest BCUT2D eigenvalue weighted by atomic mass is 32.2. The fraction of sp³-hybridized carbons (Fsp3) is 0.867. The summed E-state index contributed by atoms with van der Waals surface area (Å²) in [5.74, 6) is 0.144. The molecule has 5 nitrogen and oxygen atoms in total. The van der Waals surface area contributed by atoms with Gasteiger partial charge < -0.3 is 14.9 Å². The summed E-state index contributed by atoms with van der Waals surface area (Å²) in [6.45, 7) is 1.60. The van der Waals surface area contributed by atoms with Gasteiger partial charge in [0.1, 0.15) is 6.04 Å². The van der Waals surface area contributed by atoms with E-state index in [1.807, 2.05) is 4.90 Å². The number of carbonyl (C=O) groups excluding carboxylic acids is 1. The van der Waals surface area contributed by atoms with Crippen LogP contribution in [0.1, 0.15) is 44.9 Å². The van der Waals surface area contributed by atoms with Gasteiger partial charge in [-0.25, -0.2) is 9.59 Å². The molecular formula is C15H24N2O3S. The number of amides is 2. The van der Waals surface area contributed by atoms with Gasteiger partial charge in [0, 0.05) is 18.8 Å². The molecule has 3 aliphatic rings. The molecule has 2 amide bonds. The molecule has 21 heavy (non-hydrogen) atoms. The van der Waals surface area contributed by atoms with E-state index < -0.39 is 12.0 Å². The first kappa shape index (κ1) is 15.0. The van der Waals surface area contributed by atoms with Crippen LogP contribution in [0.3, 0.4) is 0 Å². The Balaban J connectivity index is 1.58. The molecule has 1 saturated carbocycles. The molecule has 0 aromatic heterocycles. The molecule has 2 heterocycles. The van der Waals surface area contributed by atoms with Gasteiger partial charge in [0.2, 0.25) is 0 Å². The Morgan fingerprint density at radius 2 is 1.71 bits per heavy atom. The Morgan fingerprint density at radius 3 is 2.33 bits per heavy atom. The van der Waals surface area contributed by atoms with Gasteiger partial charge in [-0.15, -0.1) is 11.8 Å². The van der Waals surface area contributed by atoms with E-state index in [0.717, 1.165) is 25.9 Å². The van der Waals surface area contributed by atoms with Crippen LogP contribution in [0.2, 0.25) is 0 Å². The largest absolute Gasteiger partial charge is 0.480 e. The van der Waals surface area contributed by atoms with Gasteiger partial charge >= 0.3 is 12.0 Å². The van der Waals surface area contributed by atoms with E-state index in [9.17, 15) is 14.7 Å². The lowest BCUT2D eigenvalue weighted by Gasteiger charge is -2.45. The van der Waals surface area contributed by atoms with Crippen molar-refractivity contribution in [2.24, 2.45) is 5.41 Å². The summed E-state index contributed by atoms with van der Waals surface area (Å²) >= 11 is 1.53. The van der Waals surface area contributed by atoms with Crippen molar-refractivity contribution < 1.29 is 14.7 Å². The van der Waals surface area contributed by atoms with Crippen molar-refractivity contribution in [1.29, 1.82) is 0 Å². The van der Waals surface area contributed by atoms with Crippen molar-refractivity contribution in [3.05, 3.63) is 0 Å². The number of rotatable bonds is 1. The van der Waals surface area contributed by atoms with Crippen molar-refractivity contribution in [2.75, 3.05) is 24.7 Å².